The highest BCUT2D eigenvalue weighted by molar-refractivity contribution is 5.65. The first kappa shape index (κ1) is 41.1. The van der Waals surface area contributed by atoms with Crippen molar-refractivity contribution < 1.29 is 56.9 Å². The monoisotopic (exact) mass is 612 g/mol. The van der Waals surface area contributed by atoms with Crippen LogP contribution >= 0.6 is 0 Å². The van der Waals surface area contributed by atoms with E-state index in [9.17, 15) is 4.79 Å². The van der Waals surface area contributed by atoms with Crippen LogP contribution in [0, 0.1) is 0 Å². The third-order valence-corrected chi connectivity index (χ3v) is 5.52. The van der Waals surface area contributed by atoms with Crippen LogP contribution in [0.25, 0.3) is 0 Å². The third-order valence-electron chi connectivity index (χ3n) is 5.52. The van der Waals surface area contributed by atoms with Gasteiger partial charge in [0.05, 0.1) is 126 Å². The van der Waals surface area contributed by atoms with E-state index >= 15 is 0 Å². The van der Waals surface area contributed by atoms with Crippen molar-refractivity contribution in [2.75, 3.05) is 139 Å². The molecule has 0 aliphatic heterocycles. The molecule has 0 radical (unpaired) electrons. The summed E-state index contributed by atoms with van der Waals surface area (Å²) in [6.45, 7) is 14.5. The summed E-state index contributed by atoms with van der Waals surface area (Å²) >= 11 is 0. The normalized spacial score (nSPS) is 11.4. The SMILES string of the molecule is CCCCCCCCOCCOCCOCCOCCOCCOCCOCCOCCOCCOCCOC(C)=O. The third kappa shape index (κ3) is 39.1. The van der Waals surface area contributed by atoms with E-state index in [0.29, 0.717) is 126 Å². The lowest BCUT2D eigenvalue weighted by Gasteiger charge is -2.09. The van der Waals surface area contributed by atoms with Crippen LogP contribution in [0.5, 0.6) is 0 Å². The summed E-state index contributed by atoms with van der Waals surface area (Å²) in [4.78, 5) is 10.6. The molecule has 252 valence electrons. The number of carbonyl (C=O) groups excluding carboxylic acids is 1. The molecular formula is C30H60O12. The van der Waals surface area contributed by atoms with Gasteiger partial charge in [-0.3, -0.25) is 4.79 Å². The number of hydrogen-bond donors (Lipinski definition) is 0. The first-order valence-electron chi connectivity index (χ1n) is 15.7. The molecule has 12 heteroatoms. The molecule has 0 bridgehead atoms. The van der Waals surface area contributed by atoms with E-state index in [-0.39, 0.29) is 12.6 Å². The molecule has 0 atom stereocenters. The Bertz CT molecular complexity index is 513. The number of ether oxygens (including phenoxy) is 11. The molecule has 0 saturated heterocycles. The van der Waals surface area contributed by atoms with Gasteiger partial charge in [-0.05, 0) is 6.42 Å². The van der Waals surface area contributed by atoms with Crippen molar-refractivity contribution in [2.45, 2.75) is 52.4 Å². The van der Waals surface area contributed by atoms with E-state index in [1.54, 1.807) is 0 Å². The second-order valence-electron chi connectivity index (χ2n) is 9.23. The zero-order valence-corrected chi connectivity index (χ0v) is 26.5. The smallest absolute Gasteiger partial charge is 0.302 e. The van der Waals surface area contributed by atoms with Crippen LogP contribution in [-0.2, 0) is 56.9 Å². The summed E-state index contributed by atoms with van der Waals surface area (Å²) in [6.07, 6.45) is 7.67. The minimum absolute atomic E-state index is 0.262. The Morgan fingerprint density at radius 1 is 0.333 bits per heavy atom. The van der Waals surface area contributed by atoms with Crippen LogP contribution in [0.2, 0.25) is 0 Å². The van der Waals surface area contributed by atoms with Crippen molar-refractivity contribution in [1.29, 1.82) is 0 Å². The molecule has 0 aromatic rings. The molecule has 0 saturated carbocycles. The van der Waals surface area contributed by atoms with E-state index in [2.05, 4.69) is 6.92 Å². The number of unbranched alkanes of at least 4 members (excludes halogenated alkanes) is 5. The molecule has 0 aromatic heterocycles. The van der Waals surface area contributed by atoms with Gasteiger partial charge in [-0.2, -0.15) is 0 Å². The van der Waals surface area contributed by atoms with E-state index in [1.165, 1.54) is 39.0 Å². The topological polar surface area (TPSA) is 119 Å². The molecule has 0 N–H and O–H groups in total. The average Bonchev–Trinajstić information content (AvgIpc) is 2.98. The molecule has 0 aliphatic rings. The summed E-state index contributed by atoms with van der Waals surface area (Å²) < 4.78 is 59.2. The highest BCUT2D eigenvalue weighted by atomic mass is 16.6. The lowest BCUT2D eigenvalue weighted by Crippen LogP contribution is -2.15. The molecule has 0 spiro atoms. The maximum atomic E-state index is 10.6. The Balaban J connectivity index is 3.03. The minimum atomic E-state index is -0.308. The molecule has 0 unspecified atom stereocenters. The van der Waals surface area contributed by atoms with Gasteiger partial charge in [0.25, 0.3) is 0 Å². The van der Waals surface area contributed by atoms with Crippen LogP contribution < -0.4 is 0 Å². The van der Waals surface area contributed by atoms with Crippen LogP contribution in [-0.4, -0.2) is 145 Å². The Morgan fingerprint density at radius 2 is 0.571 bits per heavy atom. The maximum absolute atomic E-state index is 10.6. The summed E-state index contributed by atoms with van der Waals surface area (Å²) in [5.41, 5.74) is 0. The van der Waals surface area contributed by atoms with Gasteiger partial charge < -0.3 is 52.1 Å². The van der Waals surface area contributed by atoms with Gasteiger partial charge in [-0.1, -0.05) is 39.0 Å². The summed E-state index contributed by atoms with van der Waals surface area (Å²) in [5.74, 6) is -0.308. The molecule has 0 fully saturated rings. The average molecular weight is 613 g/mol. The Labute approximate surface area is 254 Å². The molecule has 12 nitrogen and oxygen atoms in total. The van der Waals surface area contributed by atoms with E-state index in [0.717, 1.165) is 13.0 Å². The van der Waals surface area contributed by atoms with E-state index < -0.39 is 0 Å². The number of rotatable bonds is 37. The van der Waals surface area contributed by atoms with Gasteiger partial charge in [0.15, 0.2) is 0 Å². The number of carbonyl (C=O) groups is 1. The molecule has 0 amide bonds. The second kappa shape index (κ2) is 38.1. The van der Waals surface area contributed by atoms with Gasteiger partial charge in [0.2, 0.25) is 0 Å². The predicted octanol–water partition coefficient (Wildman–Crippen LogP) is 3.08. The fourth-order valence-electron chi connectivity index (χ4n) is 3.31. The molecule has 0 aromatic carbocycles. The Morgan fingerprint density at radius 3 is 0.857 bits per heavy atom. The van der Waals surface area contributed by atoms with Crippen molar-refractivity contribution >= 4 is 5.97 Å². The summed E-state index contributed by atoms with van der Waals surface area (Å²) in [6, 6.07) is 0. The fourth-order valence-corrected chi connectivity index (χ4v) is 3.31. The Hall–Kier alpha value is -0.930. The number of hydrogen-bond acceptors (Lipinski definition) is 12. The van der Waals surface area contributed by atoms with Gasteiger partial charge in [0.1, 0.15) is 6.61 Å². The second-order valence-corrected chi connectivity index (χ2v) is 9.23. The van der Waals surface area contributed by atoms with Crippen LogP contribution in [0.1, 0.15) is 52.4 Å². The summed E-state index contributed by atoms with van der Waals surface area (Å²) in [7, 11) is 0. The van der Waals surface area contributed by atoms with Gasteiger partial charge in [-0.15, -0.1) is 0 Å². The van der Waals surface area contributed by atoms with Crippen molar-refractivity contribution in [2.24, 2.45) is 0 Å². The maximum Gasteiger partial charge on any atom is 0.302 e. The zero-order chi connectivity index (χ0) is 30.4. The number of esters is 1. The van der Waals surface area contributed by atoms with Crippen LogP contribution in [0.15, 0.2) is 0 Å². The molecule has 0 heterocycles. The highest BCUT2D eigenvalue weighted by Crippen LogP contribution is 2.04. The highest BCUT2D eigenvalue weighted by Gasteiger charge is 1.97. The first-order chi connectivity index (χ1) is 20.8. The first-order valence-corrected chi connectivity index (χ1v) is 15.7. The van der Waals surface area contributed by atoms with Crippen molar-refractivity contribution in [1.82, 2.24) is 0 Å². The largest absolute Gasteiger partial charge is 0.463 e. The predicted molar refractivity (Wildman–Crippen MR) is 158 cm³/mol. The van der Waals surface area contributed by atoms with Crippen LogP contribution in [0.4, 0.5) is 0 Å². The molecule has 0 aliphatic carbocycles. The molecule has 0 rings (SSSR count). The fraction of sp³-hybridized carbons (Fsp3) is 0.967. The summed E-state index contributed by atoms with van der Waals surface area (Å²) in [5, 5.41) is 0. The van der Waals surface area contributed by atoms with Crippen molar-refractivity contribution in [3.05, 3.63) is 0 Å². The van der Waals surface area contributed by atoms with Gasteiger partial charge >= 0.3 is 5.97 Å². The lowest BCUT2D eigenvalue weighted by molar-refractivity contribution is -0.142. The minimum Gasteiger partial charge on any atom is -0.463 e. The van der Waals surface area contributed by atoms with Crippen molar-refractivity contribution in [3.63, 3.8) is 0 Å². The molecule has 42 heavy (non-hydrogen) atoms. The van der Waals surface area contributed by atoms with Gasteiger partial charge in [-0.25, -0.2) is 0 Å². The van der Waals surface area contributed by atoms with Gasteiger partial charge in [0, 0.05) is 13.5 Å². The van der Waals surface area contributed by atoms with E-state index in [1.807, 2.05) is 0 Å². The molecular weight excluding hydrogens is 552 g/mol. The standard InChI is InChI=1S/C30H60O12/c1-3-4-5-6-7-8-9-32-10-11-33-12-13-34-14-15-35-16-17-36-18-19-37-20-21-38-22-23-39-24-25-40-26-27-41-28-29-42-30(2)31/h3-29H2,1-2H3. The lowest BCUT2D eigenvalue weighted by atomic mass is 10.1. The Kier molecular flexibility index (Phi) is 37.3. The zero-order valence-electron chi connectivity index (χ0n) is 26.5. The van der Waals surface area contributed by atoms with Crippen LogP contribution in [0.3, 0.4) is 0 Å². The quantitative estimate of drug-likeness (QED) is 0.0758. The van der Waals surface area contributed by atoms with E-state index in [4.69, 9.17) is 52.1 Å². The van der Waals surface area contributed by atoms with Crippen molar-refractivity contribution in [3.8, 4) is 0 Å².